The summed E-state index contributed by atoms with van der Waals surface area (Å²) in [5.74, 6) is -2.18. The summed E-state index contributed by atoms with van der Waals surface area (Å²) >= 11 is 0. The molecule has 0 aliphatic carbocycles. The van der Waals surface area contributed by atoms with Crippen molar-refractivity contribution in [2.75, 3.05) is 18.2 Å². The maximum atomic E-state index is 12.7. The third-order valence-electron chi connectivity index (χ3n) is 3.86. The highest BCUT2D eigenvalue weighted by molar-refractivity contribution is 7.92. The number of nitrogens with zero attached hydrogens (tertiary/aromatic N) is 1. The summed E-state index contributed by atoms with van der Waals surface area (Å²) in [6, 6.07) is 14.4. The molecule has 0 unspecified atom stereocenters. The van der Waals surface area contributed by atoms with E-state index in [0.717, 1.165) is 0 Å². The van der Waals surface area contributed by atoms with Crippen LogP contribution in [0.4, 0.5) is 5.69 Å². The Morgan fingerprint density at radius 1 is 1.04 bits per heavy atom. The van der Waals surface area contributed by atoms with Gasteiger partial charge in [-0.2, -0.15) is 0 Å². The van der Waals surface area contributed by atoms with Crippen LogP contribution in [0.5, 0.6) is 0 Å². The van der Waals surface area contributed by atoms with Gasteiger partial charge in [-0.3, -0.25) is 9.78 Å². The largest absolute Gasteiger partial charge is 0.465 e. The van der Waals surface area contributed by atoms with Crippen LogP contribution in [0.2, 0.25) is 0 Å². The first kappa shape index (κ1) is 18.5. The zero-order chi connectivity index (χ0) is 19.4. The summed E-state index contributed by atoms with van der Waals surface area (Å²) in [7, 11) is -2.71. The van der Waals surface area contributed by atoms with Crippen LogP contribution in [-0.2, 0) is 19.4 Å². The Bertz CT molecular complexity index is 1120. The van der Waals surface area contributed by atoms with Gasteiger partial charge in [0.25, 0.3) is 0 Å². The van der Waals surface area contributed by atoms with E-state index in [9.17, 15) is 18.0 Å². The predicted molar refractivity (Wildman–Crippen MR) is 100 cm³/mol. The first-order valence-corrected chi connectivity index (χ1v) is 9.61. The highest BCUT2D eigenvalue weighted by Gasteiger charge is 2.23. The normalized spacial score (nSPS) is 11.1. The number of fused-ring (bicyclic) bond motifs is 1. The van der Waals surface area contributed by atoms with Crippen LogP contribution in [0.15, 0.2) is 65.7 Å². The highest BCUT2D eigenvalue weighted by Crippen LogP contribution is 2.22. The van der Waals surface area contributed by atoms with Crippen LogP contribution in [0.1, 0.15) is 10.4 Å². The predicted octanol–water partition coefficient (Wildman–Crippen LogP) is 2.43. The third kappa shape index (κ3) is 3.95. The molecule has 3 rings (SSSR count). The molecule has 1 aromatic heterocycles. The molecule has 0 bridgehead atoms. The van der Waals surface area contributed by atoms with E-state index in [1.807, 2.05) is 0 Å². The number of anilines is 1. The summed E-state index contributed by atoms with van der Waals surface area (Å²) < 4.78 is 30.1. The Kier molecular flexibility index (Phi) is 5.18. The number of sulfone groups is 1. The van der Waals surface area contributed by atoms with Gasteiger partial charge in [0.1, 0.15) is 5.75 Å². The highest BCUT2D eigenvalue weighted by atomic mass is 32.2. The van der Waals surface area contributed by atoms with Crippen molar-refractivity contribution in [3.8, 4) is 0 Å². The lowest BCUT2D eigenvalue weighted by Crippen LogP contribution is -2.24. The SMILES string of the molecule is COC(=O)c1ccccc1NC(=O)CS(=O)(=O)c1cccc2cccnc12. The Balaban J connectivity index is 1.87. The lowest BCUT2D eigenvalue weighted by atomic mass is 10.2. The maximum Gasteiger partial charge on any atom is 0.339 e. The molecule has 8 heteroatoms. The second kappa shape index (κ2) is 7.55. The molecule has 0 spiro atoms. The average Bonchev–Trinajstić information content (AvgIpc) is 2.66. The van der Waals surface area contributed by atoms with Gasteiger partial charge >= 0.3 is 5.97 Å². The van der Waals surface area contributed by atoms with Gasteiger partial charge in [-0.1, -0.05) is 30.3 Å². The smallest absolute Gasteiger partial charge is 0.339 e. The Morgan fingerprint density at radius 2 is 1.78 bits per heavy atom. The minimum absolute atomic E-state index is 0.0167. The molecule has 7 nitrogen and oxygen atoms in total. The Labute approximate surface area is 155 Å². The number of benzene rings is 2. The summed E-state index contributed by atoms with van der Waals surface area (Å²) in [6.07, 6.45) is 1.49. The fraction of sp³-hybridized carbons (Fsp3) is 0.105. The number of esters is 1. The Morgan fingerprint density at radius 3 is 2.56 bits per heavy atom. The van der Waals surface area contributed by atoms with E-state index >= 15 is 0 Å². The molecular weight excluding hydrogens is 368 g/mol. The number of hydrogen-bond acceptors (Lipinski definition) is 6. The fourth-order valence-electron chi connectivity index (χ4n) is 2.64. The molecule has 1 amide bonds. The molecular formula is C19H16N2O5S. The van der Waals surface area contributed by atoms with Gasteiger partial charge in [-0.15, -0.1) is 0 Å². The van der Waals surface area contributed by atoms with Crippen LogP contribution < -0.4 is 5.32 Å². The van der Waals surface area contributed by atoms with Crippen molar-refractivity contribution in [3.63, 3.8) is 0 Å². The van der Waals surface area contributed by atoms with E-state index in [2.05, 4.69) is 15.0 Å². The third-order valence-corrected chi connectivity index (χ3v) is 5.50. The molecule has 0 saturated carbocycles. The topological polar surface area (TPSA) is 102 Å². The van der Waals surface area contributed by atoms with E-state index in [1.165, 1.54) is 31.5 Å². The number of ether oxygens (including phenoxy) is 1. The van der Waals surface area contributed by atoms with Crippen molar-refractivity contribution in [1.82, 2.24) is 4.98 Å². The molecule has 138 valence electrons. The van der Waals surface area contributed by atoms with Crippen LogP contribution in [0.25, 0.3) is 10.9 Å². The minimum Gasteiger partial charge on any atom is -0.465 e. The van der Waals surface area contributed by atoms with Crippen molar-refractivity contribution >= 4 is 38.3 Å². The molecule has 3 aromatic rings. The molecule has 0 aliphatic rings. The summed E-state index contributed by atoms with van der Waals surface area (Å²) in [5, 5.41) is 3.12. The van der Waals surface area contributed by atoms with E-state index in [1.54, 1.807) is 36.4 Å². The molecule has 27 heavy (non-hydrogen) atoms. The van der Waals surface area contributed by atoms with Crippen LogP contribution >= 0.6 is 0 Å². The second-order valence-electron chi connectivity index (χ2n) is 5.68. The van der Waals surface area contributed by atoms with Gasteiger partial charge < -0.3 is 10.1 Å². The van der Waals surface area contributed by atoms with Crippen LogP contribution in [0, 0.1) is 0 Å². The second-order valence-corrected chi connectivity index (χ2v) is 7.63. The molecule has 0 radical (unpaired) electrons. The standard InChI is InChI=1S/C19H16N2O5S/c1-26-19(23)14-8-2-3-9-15(14)21-17(22)12-27(24,25)16-10-4-6-13-7-5-11-20-18(13)16/h2-11H,12H2,1H3,(H,21,22). The Hall–Kier alpha value is -3.26. The van der Waals surface area contributed by atoms with Crippen molar-refractivity contribution in [3.05, 3.63) is 66.4 Å². The minimum atomic E-state index is -3.94. The van der Waals surface area contributed by atoms with E-state index in [-0.39, 0.29) is 16.1 Å². The number of hydrogen-bond donors (Lipinski definition) is 1. The van der Waals surface area contributed by atoms with Crippen molar-refractivity contribution in [2.45, 2.75) is 4.90 Å². The van der Waals surface area contributed by atoms with E-state index < -0.39 is 27.5 Å². The first-order chi connectivity index (χ1) is 12.9. The molecule has 2 aromatic carbocycles. The van der Waals surface area contributed by atoms with Gasteiger partial charge in [-0.05, 0) is 24.3 Å². The lowest BCUT2D eigenvalue weighted by molar-refractivity contribution is -0.113. The van der Waals surface area contributed by atoms with Gasteiger partial charge in [-0.25, -0.2) is 13.2 Å². The molecule has 0 aliphatic heterocycles. The molecule has 0 saturated heterocycles. The number of pyridine rings is 1. The van der Waals surface area contributed by atoms with Crippen molar-refractivity contribution in [2.24, 2.45) is 0 Å². The molecule has 0 atom stereocenters. The first-order valence-electron chi connectivity index (χ1n) is 7.96. The quantitative estimate of drug-likeness (QED) is 0.678. The number of methoxy groups -OCH3 is 1. The molecule has 1 N–H and O–H groups in total. The number of para-hydroxylation sites is 2. The monoisotopic (exact) mass is 384 g/mol. The van der Waals surface area contributed by atoms with Crippen molar-refractivity contribution < 1.29 is 22.7 Å². The summed E-state index contributed by atoms with van der Waals surface area (Å²) in [5.41, 5.74) is 0.626. The van der Waals surface area contributed by atoms with Gasteiger partial charge in [0.15, 0.2) is 9.84 Å². The van der Waals surface area contributed by atoms with Crippen LogP contribution in [0.3, 0.4) is 0 Å². The maximum absolute atomic E-state index is 12.7. The number of rotatable bonds is 5. The zero-order valence-electron chi connectivity index (χ0n) is 14.4. The molecule has 1 heterocycles. The van der Waals surface area contributed by atoms with E-state index in [4.69, 9.17) is 0 Å². The average molecular weight is 384 g/mol. The number of carbonyl (C=O) groups is 2. The number of amides is 1. The summed E-state index contributed by atoms with van der Waals surface area (Å²) in [4.78, 5) is 28.2. The lowest BCUT2D eigenvalue weighted by Gasteiger charge is -2.10. The van der Waals surface area contributed by atoms with Gasteiger partial charge in [0, 0.05) is 11.6 Å². The number of carbonyl (C=O) groups excluding carboxylic acids is 2. The van der Waals surface area contributed by atoms with Gasteiger partial charge in [0.2, 0.25) is 5.91 Å². The molecule has 0 fully saturated rings. The number of aromatic nitrogens is 1. The van der Waals surface area contributed by atoms with Crippen LogP contribution in [-0.4, -0.2) is 38.1 Å². The summed E-state index contributed by atoms with van der Waals surface area (Å²) in [6.45, 7) is 0. The fourth-order valence-corrected chi connectivity index (χ4v) is 3.97. The van der Waals surface area contributed by atoms with Crippen molar-refractivity contribution in [1.29, 1.82) is 0 Å². The number of nitrogens with one attached hydrogen (secondary N) is 1. The zero-order valence-corrected chi connectivity index (χ0v) is 15.2. The van der Waals surface area contributed by atoms with Gasteiger partial charge in [0.05, 0.1) is 28.8 Å². The van der Waals surface area contributed by atoms with E-state index in [0.29, 0.717) is 10.9 Å².